The van der Waals surface area contributed by atoms with Crippen molar-refractivity contribution in [1.82, 2.24) is 9.55 Å². The fraction of sp³-hybridized carbons (Fsp3) is 0.357. The third-order valence-electron chi connectivity index (χ3n) is 2.66. The molecule has 0 radical (unpaired) electrons. The first kappa shape index (κ1) is 14.6. The van der Waals surface area contributed by atoms with Crippen LogP contribution >= 0.6 is 31.9 Å². The largest absolute Gasteiger partial charge is 0.324 e. The van der Waals surface area contributed by atoms with Gasteiger partial charge in [0.25, 0.3) is 0 Å². The van der Waals surface area contributed by atoms with E-state index in [1.165, 1.54) is 0 Å². The Kier molecular flexibility index (Phi) is 4.68. The van der Waals surface area contributed by atoms with Crippen molar-refractivity contribution >= 4 is 43.5 Å². The van der Waals surface area contributed by atoms with E-state index in [1.807, 2.05) is 25.1 Å². The summed E-state index contributed by atoms with van der Waals surface area (Å²) in [6, 6.07) is 6.01. The standard InChI is InChI=1S/C14H17Br2N3/c1-9(2)7-19-8-10(3)17-14(19)18-13-11(15)5-4-6-12(13)16/h4-6,8-9H,7H2,1-3H3,(H,17,18). The van der Waals surface area contributed by atoms with Crippen LogP contribution in [0.25, 0.3) is 0 Å². The van der Waals surface area contributed by atoms with Crippen LogP contribution in [0, 0.1) is 12.8 Å². The molecule has 0 bridgehead atoms. The number of hydrogen-bond donors (Lipinski definition) is 1. The fourth-order valence-corrected chi connectivity index (χ4v) is 3.10. The average Bonchev–Trinajstić information content (AvgIpc) is 2.63. The highest BCUT2D eigenvalue weighted by Crippen LogP contribution is 2.33. The second kappa shape index (κ2) is 6.09. The van der Waals surface area contributed by atoms with E-state index in [1.54, 1.807) is 0 Å². The summed E-state index contributed by atoms with van der Waals surface area (Å²) in [5.74, 6) is 1.45. The van der Waals surface area contributed by atoms with Crippen molar-refractivity contribution in [2.45, 2.75) is 27.3 Å². The minimum Gasteiger partial charge on any atom is -0.324 e. The van der Waals surface area contributed by atoms with Gasteiger partial charge in [0.05, 0.1) is 11.4 Å². The summed E-state index contributed by atoms with van der Waals surface area (Å²) < 4.78 is 4.18. The van der Waals surface area contributed by atoms with E-state index < -0.39 is 0 Å². The second-order valence-corrected chi connectivity index (χ2v) is 6.68. The molecule has 0 saturated heterocycles. The molecule has 19 heavy (non-hydrogen) atoms. The molecule has 1 heterocycles. The highest BCUT2D eigenvalue weighted by atomic mass is 79.9. The van der Waals surface area contributed by atoms with E-state index in [0.717, 1.165) is 32.8 Å². The van der Waals surface area contributed by atoms with Crippen LogP contribution in [-0.4, -0.2) is 9.55 Å². The van der Waals surface area contributed by atoms with Crippen molar-refractivity contribution in [3.05, 3.63) is 39.0 Å². The predicted molar refractivity (Wildman–Crippen MR) is 86.9 cm³/mol. The summed E-state index contributed by atoms with van der Waals surface area (Å²) in [6.45, 7) is 7.36. The van der Waals surface area contributed by atoms with Crippen LogP contribution in [0.3, 0.4) is 0 Å². The molecule has 102 valence electrons. The van der Waals surface area contributed by atoms with E-state index >= 15 is 0 Å². The van der Waals surface area contributed by atoms with Crippen molar-refractivity contribution in [3.8, 4) is 0 Å². The van der Waals surface area contributed by atoms with Gasteiger partial charge in [-0.3, -0.25) is 0 Å². The summed E-state index contributed by atoms with van der Waals surface area (Å²) in [5.41, 5.74) is 2.02. The van der Waals surface area contributed by atoms with Crippen molar-refractivity contribution in [1.29, 1.82) is 0 Å². The SMILES string of the molecule is Cc1cn(CC(C)C)c(Nc2c(Br)cccc2Br)n1. The predicted octanol–water partition coefficient (Wildman–Crippen LogP) is 5.12. The minimum atomic E-state index is 0.580. The molecule has 5 heteroatoms. The molecule has 0 fully saturated rings. The Morgan fingerprint density at radius 1 is 1.26 bits per heavy atom. The molecule has 0 spiro atoms. The summed E-state index contributed by atoms with van der Waals surface area (Å²) >= 11 is 7.11. The number of imidazole rings is 1. The topological polar surface area (TPSA) is 29.9 Å². The molecule has 0 aliphatic heterocycles. The lowest BCUT2D eigenvalue weighted by Gasteiger charge is -2.13. The van der Waals surface area contributed by atoms with Gasteiger partial charge in [-0.15, -0.1) is 0 Å². The third-order valence-corrected chi connectivity index (χ3v) is 3.98. The summed E-state index contributed by atoms with van der Waals surface area (Å²) in [4.78, 5) is 4.55. The van der Waals surface area contributed by atoms with Gasteiger partial charge in [0.2, 0.25) is 5.95 Å². The van der Waals surface area contributed by atoms with E-state index in [4.69, 9.17) is 0 Å². The molecule has 1 aromatic carbocycles. The summed E-state index contributed by atoms with van der Waals surface area (Å²) in [6.07, 6.45) is 2.08. The molecule has 0 unspecified atom stereocenters. The van der Waals surface area contributed by atoms with Gasteiger partial charge in [-0.05, 0) is 56.8 Å². The number of benzene rings is 1. The smallest absolute Gasteiger partial charge is 0.207 e. The van der Waals surface area contributed by atoms with Gasteiger partial charge < -0.3 is 9.88 Å². The molecule has 0 saturated carbocycles. The molecule has 0 aliphatic carbocycles. The number of hydrogen-bond acceptors (Lipinski definition) is 2. The Balaban J connectivity index is 2.33. The molecular weight excluding hydrogens is 370 g/mol. The van der Waals surface area contributed by atoms with E-state index in [9.17, 15) is 0 Å². The number of halogens is 2. The molecule has 0 atom stereocenters. The van der Waals surface area contributed by atoms with Gasteiger partial charge >= 0.3 is 0 Å². The van der Waals surface area contributed by atoms with Crippen LogP contribution in [0.15, 0.2) is 33.3 Å². The van der Waals surface area contributed by atoms with Crippen molar-refractivity contribution in [2.75, 3.05) is 5.32 Å². The quantitative estimate of drug-likeness (QED) is 0.790. The average molecular weight is 387 g/mol. The van der Waals surface area contributed by atoms with E-state index in [0.29, 0.717) is 5.92 Å². The number of aryl methyl sites for hydroxylation is 1. The van der Waals surface area contributed by atoms with Crippen molar-refractivity contribution < 1.29 is 0 Å². The number of para-hydroxylation sites is 1. The van der Waals surface area contributed by atoms with Gasteiger partial charge in [-0.2, -0.15) is 0 Å². The zero-order valence-electron chi connectivity index (χ0n) is 11.2. The highest BCUT2D eigenvalue weighted by Gasteiger charge is 2.11. The number of rotatable bonds is 4. The first-order chi connectivity index (χ1) is 8.97. The highest BCUT2D eigenvalue weighted by molar-refractivity contribution is 9.11. The zero-order chi connectivity index (χ0) is 14.0. The molecule has 1 N–H and O–H groups in total. The molecule has 1 aromatic heterocycles. The molecule has 0 amide bonds. The Morgan fingerprint density at radius 3 is 2.47 bits per heavy atom. The van der Waals surface area contributed by atoms with Crippen LogP contribution in [0.1, 0.15) is 19.5 Å². The maximum Gasteiger partial charge on any atom is 0.207 e. The fourth-order valence-electron chi connectivity index (χ4n) is 1.91. The first-order valence-electron chi connectivity index (χ1n) is 6.22. The molecule has 2 rings (SSSR count). The third kappa shape index (κ3) is 3.60. The van der Waals surface area contributed by atoms with Gasteiger partial charge in [-0.1, -0.05) is 19.9 Å². The van der Waals surface area contributed by atoms with Crippen LogP contribution in [-0.2, 0) is 6.54 Å². The van der Waals surface area contributed by atoms with Gasteiger partial charge in [0.1, 0.15) is 0 Å². The minimum absolute atomic E-state index is 0.580. The van der Waals surface area contributed by atoms with Crippen LogP contribution in [0.5, 0.6) is 0 Å². The first-order valence-corrected chi connectivity index (χ1v) is 7.80. The maximum atomic E-state index is 4.55. The maximum absolute atomic E-state index is 4.55. The number of nitrogens with zero attached hydrogens (tertiary/aromatic N) is 2. The summed E-state index contributed by atoms with van der Waals surface area (Å²) in [5, 5.41) is 3.39. The molecule has 2 aromatic rings. The van der Waals surface area contributed by atoms with Crippen LogP contribution < -0.4 is 5.32 Å². The Morgan fingerprint density at radius 2 is 1.89 bits per heavy atom. The van der Waals surface area contributed by atoms with Gasteiger partial charge in [0, 0.05) is 21.7 Å². The number of aromatic nitrogens is 2. The zero-order valence-corrected chi connectivity index (χ0v) is 14.4. The monoisotopic (exact) mass is 385 g/mol. The lowest BCUT2D eigenvalue weighted by molar-refractivity contribution is 0.527. The van der Waals surface area contributed by atoms with E-state index in [-0.39, 0.29) is 0 Å². The van der Waals surface area contributed by atoms with Gasteiger partial charge in [0.15, 0.2) is 0 Å². The number of anilines is 2. The van der Waals surface area contributed by atoms with Crippen LogP contribution in [0.4, 0.5) is 11.6 Å². The lowest BCUT2D eigenvalue weighted by Crippen LogP contribution is -2.07. The normalized spacial score (nSPS) is 11.1. The number of nitrogens with one attached hydrogen (secondary N) is 1. The van der Waals surface area contributed by atoms with E-state index in [2.05, 4.69) is 66.8 Å². The van der Waals surface area contributed by atoms with Crippen LogP contribution in [0.2, 0.25) is 0 Å². The second-order valence-electron chi connectivity index (χ2n) is 4.97. The van der Waals surface area contributed by atoms with Gasteiger partial charge in [-0.25, -0.2) is 4.98 Å². The lowest BCUT2D eigenvalue weighted by atomic mass is 10.2. The molecular formula is C14H17Br2N3. The Labute approximate surface area is 130 Å². The molecule has 0 aliphatic rings. The van der Waals surface area contributed by atoms with Crippen molar-refractivity contribution in [2.24, 2.45) is 5.92 Å². The Hall–Kier alpha value is -0.810. The Bertz CT molecular complexity index is 556. The molecule has 3 nitrogen and oxygen atoms in total. The van der Waals surface area contributed by atoms with Crippen molar-refractivity contribution in [3.63, 3.8) is 0 Å². The summed E-state index contributed by atoms with van der Waals surface area (Å²) in [7, 11) is 0.